The van der Waals surface area contributed by atoms with Crippen molar-refractivity contribution in [3.8, 4) is 11.3 Å². The molecule has 1 aromatic heterocycles. The highest BCUT2D eigenvalue weighted by atomic mass is 32.1. The summed E-state index contributed by atoms with van der Waals surface area (Å²) in [4.78, 5) is 1.34. The first-order chi connectivity index (χ1) is 6.95. The van der Waals surface area contributed by atoms with Gasteiger partial charge in [0.1, 0.15) is 5.69 Å². The van der Waals surface area contributed by atoms with E-state index in [1.54, 1.807) is 11.5 Å². The predicted molar refractivity (Wildman–Crippen MR) is 57.4 cm³/mol. The summed E-state index contributed by atoms with van der Waals surface area (Å²) >= 11 is 1.54. The van der Waals surface area contributed by atoms with Crippen LogP contribution in [0.4, 0.5) is 0 Å². The van der Waals surface area contributed by atoms with Gasteiger partial charge < -0.3 is 0 Å². The molecule has 3 rings (SSSR count). The Bertz CT molecular complexity index is 462. The Morgan fingerprint density at radius 3 is 3.07 bits per heavy atom. The number of fused-ring (bicyclic) bond motifs is 3. The monoisotopic (exact) mass is 202 g/mol. The maximum Gasteiger partial charge on any atom is 0.109 e. The van der Waals surface area contributed by atoms with Crippen LogP contribution in [-0.4, -0.2) is 9.59 Å². The maximum atomic E-state index is 4.23. The van der Waals surface area contributed by atoms with Crippen molar-refractivity contribution in [2.24, 2.45) is 0 Å². The van der Waals surface area contributed by atoms with Crippen LogP contribution in [0.5, 0.6) is 0 Å². The van der Waals surface area contributed by atoms with E-state index in [2.05, 4.69) is 33.9 Å². The van der Waals surface area contributed by atoms with E-state index in [0.717, 1.165) is 12.1 Å². The summed E-state index contributed by atoms with van der Waals surface area (Å²) in [5, 5.41) is 4.23. The molecule has 1 heterocycles. The second-order valence-electron chi connectivity index (χ2n) is 3.56. The van der Waals surface area contributed by atoms with Gasteiger partial charge in [-0.25, -0.2) is 0 Å². The molecule has 0 aliphatic heterocycles. The minimum atomic E-state index is 1.11. The van der Waals surface area contributed by atoms with Crippen LogP contribution in [0.15, 0.2) is 24.3 Å². The van der Waals surface area contributed by atoms with Gasteiger partial charge in [-0.3, -0.25) is 0 Å². The summed E-state index contributed by atoms with van der Waals surface area (Å²) < 4.78 is 4.04. The molecule has 3 heteroatoms. The Hall–Kier alpha value is -1.22. The number of aryl methyl sites for hydroxylation is 2. The largest absolute Gasteiger partial charge is 0.138 e. The van der Waals surface area contributed by atoms with E-state index in [1.807, 2.05) is 0 Å². The number of hydrogen-bond donors (Lipinski definition) is 0. The molecule has 14 heavy (non-hydrogen) atoms. The second-order valence-corrected chi connectivity index (χ2v) is 4.39. The molecule has 0 saturated carbocycles. The van der Waals surface area contributed by atoms with Gasteiger partial charge in [0.15, 0.2) is 0 Å². The molecule has 0 unspecified atom stereocenters. The highest BCUT2D eigenvalue weighted by Crippen LogP contribution is 2.31. The van der Waals surface area contributed by atoms with Gasteiger partial charge in [0.25, 0.3) is 0 Å². The molecule has 0 bridgehead atoms. The molecule has 2 nitrogen and oxygen atoms in total. The molecule has 0 amide bonds. The van der Waals surface area contributed by atoms with E-state index >= 15 is 0 Å². The standard InChI is InChI=1S/C11H10N2S/c1-2-6-9-8(4-1)5-3-7-10-11(9)12-13-14-10/h1-2,4,6H,3,5,7H2. The third kappa shape index (κ3) is 1.16. The van der Waals surface area contributed by atoms with Gasteiger partial charge in [-0.05, 0) is 36.4 Å². The topological polar surface area (TPSA) is 25.8 Å². The molecular formula is C11H10N2S. The van der Waals surface area contributed by atoms with Crippen molar-refractivity contribution in [2.75, 3.05) is 0 Å². The normalized spacial score (nSPS) is 14.3. The molecule has 0 saturated heterocycles. The molecule has 70 valence electrons. The van der Waals surface area contributed by atoms with Crippen molar-refractivity contribution in [3.05, 3.63) is 34.7 Å². The average molecular weight is 202 g/mol. The summed E-state index contributed by atoms with van der Waals surface area (Å²) in [5.74, 6) is 0. The summed E-state index contributed by atoms with van der Waals surface area (Å²) in [6.07, 6.45) is 3.51. The number of benzene rings is 1. The van der Waals surface area contributed by atoms with Gasteiger partial charge in [-0.15, -0.1) is 5.10 Å². The van der Waals surface area contributed by atoms with E-state index in [9.17, 15) is 0 Å². The van der Waals surface area contributed by atoms with Gasteiger partial charge in [-0.1, -0.05) is 28.8 Å². The first-order valence-corrected chi connectivity index (χ1v) is 5.62. The van der Waals surface area contributed by atoms with Gasteiger partial charge in [0, 0.05) is 5.56 Å². The fourth-order valence-corrected chi connectivity index (χ4v) is 2.68. The Balaban J connectivity index is 2.27. The lowest BCUT2D eigenvalue weighted by atomic mass is 10.0. The molecule has 0 radical (unpaired) electrons. The van der Waals surface area contributed by atoms with Crippen molar-refractivity contribution in [1.29, 1.82) is 0 Å². The van der Waals surface area contributed by atoms with Crippen LogP contribution in [0.25, 0.3) is 11.3 Å². The first-order valence-electron chi connectivity index (χ1n) is 4.84. The predicted octanol–water partition coefficient (Wildman–Crippen LogP) is 2.69. The van der Waals surface area contributed by atoms with E-state index < -0.39 is 0 Å². The molecule has 1 aromatic carbocycles. The van der Waals surface area contributed by atoms with E-state index in [1.165, 1.54) is 28.8 Å². The third-order valence-electron chi connectivity index (χ3n) is 2.68. The van der Waals surface area contributed by atoms with Crippen LogP contribution in [-0.2, 0) is 12.8 Å². The molecule has 0 spiro atoms. The van der Waals surface area contributed by atoms with Gasteiger partial charge in [-0.2, -0.15) is 0 Å². The smallest absolute Gasteiger partial charge is 0.109 e. The fourth-order valence-electron chi connectivity index (χ4n) is 1.99. The summed E-state index contributed by atoms with van der Waals surface area (Å²) in [6.45, 7) is 0. The van der Waals surface area contributed by atoms with Crippen LogP contribution < -0.4 is 0 Å². The quantitative estimate of drug-likeness (QED) is 0.656. The number of hydrogen-bond acceptors (Lipinski definition) is 3. The lowest BCUT2D eigenvalue weighted by molar-refractivity contribution is 0.843. The molecule has 0 N–H and O–H groups in total. The van der Waals surface area contributed by atoms with Crippen molar-refractivity contribution in [2.45, 2.75) is 19.3 Å². The van der Waals surface area contributed by atoms with Crippen molar-refractivity contribution >= 4 is 11.5 Å². The zero-order valence-corrected chi connectivity index (χ0v) is 8.55. The molecule has 0 atom stereocenters. The third-order valence-corrected chi connectivity index (χ3v) is 3.46. The summed E-state index contributed by atoms with van der Waals surface area (Å²) in [7, 11) is 0. The summed E-state index contributed by atoms with van der Waals surface area (Å²) in [5.41, 5.74) is 3.82. The highest BCUT2D eigenvalue weighted by molar-refractivity contribution is 7.06. The van der Waals surface area contributed by atoms with Crippen LogP contribution in [0, 0.1) is 0 Å². The SMILES string of the molecule is c1ccc2c(c1)CCCc1snnc1-2. The number of aromatic nitrogens is 2. The zero-order valence-electron chi connectivity index (χ0n) is 7.73. The molecule has 1 aliphatic carbocycles. The van der Waals surface area contributed by atoms with Crippen LogP contribution in [0.2, 0.25) is 0 Å². The van der Waals surface area contributed by atoms with Crippen LogP contribution >= 0.6 is 11.5 Å². The number of nitrogens with zero attached hydrogens (tertiary/aromatic N) is 2. The molecule has 0 fully saturated rings. The Morgan fingerprint density at radius 2 is 2.07 bits per heavy atom. The van der Waals surface area contributed by atoms with E-state index in [-0.39, 0.29) is 0 Å². The van der Waals surface area contributed by atoms with E-state index in [0.29, 0.717) is 0 Å². The average Bonchev–Trinajstić information content (AvgIpc) is 2.61. The Labute approximate surface area is 86.8 Å². The number of rotatable bonds is 0. The molecular weight excluding hydrogens is 192 g/mol. The maximum absolute atomic E-state index is 4.23. The highest BCUT2D eigenvalue weighted by Gasteiger charge is 2.16. The molecule has 1 aliphatic rings. The lowest BCUT2D eigenvalue weighted by Gasteiger charge is -2.02. The minimum absolute atomic E-state index is 1.11. The Kier molecular flexibility index (Phi) is 1.84. The van der Waals surface area contributed by atoms with Crippen LogP contribution in [0.1, 0.15) is 16.9 Å². The van der Waals surface area contributed by atoms with E-state index in [4.69, 9.17) is 0 Å². The van der Waals surface area contributed by atoms with Crippen molar-refractivity contribution in [1.82, 2.24) is 9.59 Å². The second kappa shape index (κ2) is 3.17. The van der Waals surface area contributed by atoms with Gasteiger partial charge in [0.05, 0.1) is 4.88 Å². The first kappa shape index (κ1) is 8.12. The minimum Gasteiger partial charge on any atom is -0.138 e. The molecule has 2 aromatic rings. The van der Waals surface area contributed by atoms with Crippen molar-refractivity contribution < 1.29 is 0 Å². The van der Waals surface area contributed by atoms with Gasteiger partial charge in [0.2, 0.25) is 0 Å². The Morgan fingerprint density at radius 1 is 1.14 bits per heavy atom. The fraction of sp³-hybridized carbons (Fsp3) is 0.273. The summed E-state index contributed by atoms with van der Waals surface area (Å²) in [6, 6.07) is 8.53. The lowest BCUT2D eigenvalue weighted by Crippen LogP contribution is -1.87. The zero-order chi connectivity index (χ0) is 9.38. The van der Waals surface area contributed by atoms with Gasteiger partial charge >= 0.3 is 0 Å². The van der Waals surface area contributed by atoms with Crippen LogP contribution in [0.3, 0.4) is 0 Å². The van der Waals surface area contributed by atoms with Crippen molar-refractivity contribution in [3.63, 3.8) is 0 Å².